The lowest BCUT2D eigenvalue weighted by Crippen LogP contribution is -2.31. The Balaban J connectivity index is 0.000000640. The van der Waals surface area contributed by atoms with Crippen molar-refractivity contribution in [3.63, 3.8) is 0 Å². The molecule has 0 saturated heterocycles. The smallest absolute Gasteiger partial charge is 0.247 e. The monoisotopic (exact) mass is 186 g/mol. The van der Waals surface area contributed by atoms with Crippen molar-refractivity contribution in [2.24, 2.45) is 0 Å². The summed E-state index contributed by atoms with van der Waals surface area (Å²) in [4.78, 5) is 20.3. The van der Waals surface area contributed by atoms with E-state index >= 15 is 0 Å². The molecule has 0 saturated carbocycles. The maximum absolute atomic E-state index is 10.1. The normalized spacial score (nSPS) is 9.11. The zero-order valence-electron chi connectivity index (χ0n) is 3.98. The molecular weight excluding hydrogens is 186 g/mol. The van der Waals surface area contributed by atoms with Crippen LogP contribution in [0.3, 0.4) is 0 Å². The second-order valence-corrected chi connectivity index (χ2v) is 2.04. The van der Waals surface area contributed by atoms with Crippen molar-refractivity contribution >= 4 is 35.6 Å². The van der Waals surface area contributed by atoms with Gasteiger partial charge in [-0.25, -0.2) is 0 Å². The minimum absolute atomic E-state index is 0. The highest BCUT2D eigenvalue weighted by Gasteiger charge is 2.15. The van der Waals surface area contributed by atoms with Crippen LogP contribution in [0.25, 0.3) is 0 Å². The minimum atomic E-state index is -0.684. The first kappa shape index (κ1) is 8.95. The highest BCUT2D eigenvalue weighted by molar-refractivity contribution is 6.43. The van der Waals surface area contributed by atoms with Crippen LogP contribution in [0, 0.1) is 0 Å². The molecule has 0 bridgehead atoms. The molecule has 0 aliphatic heterocycles. The van der Waals surface area contributed by atoms with Gasteiger partial charge in [0.2, 0.25) is 10.9 Å². The number of hydrogen-bond donors (Lipinski definition) is 0. The molecular formula is C4HCl3O2. The van der Waals surface area contributed by atoms with E-state index in [9.17, 15) is 9.59 Å². The van der Waals surface area contributed by atoms with Crippen LogP contribution in [-0.2, 0) is 0 Å². The first-order valence-corrected chi connectivity index (χ1v) is 2.54. The molecule has 1 aromatic carbocycles. The van der Waals surface area contributed by atoms with Gasteiger partial charge in [0.25, 0.3) is 0 Å². The third-order valence-corrected chi connectivity index (χ3v) is 1.62. The van der Waals surface area contributed by atoms with Gasteiger partial charge in [0.1, 0.15) is 10.0 Å². The van der Waals surface area contributed by atoms with Gasteiger partial charge in [-0.1, -0.05) is 23.2 Å². The second kappa shape index (κ2) is 2.69. The van der Waals surface area contributed by atoms with Crippen molar-refractivity contribution < 1.29 is 0 Å². The molecule has 1 rings (SSSR count). The van der Waals surface area contributed by atoms with Gasteiger partial charge in [-0.05, 0) is 0 Å². The van der Waals surface area contributed by atoms with Crippen molar-refractivity contribution in [1.29, 1.82) is 0 Å². The van der Waals surface area contributed by atoms with Gasteiger partial charge < -0.3 is 0 Å². The van der Waals surface area contributed by atoms with Crippen LogP contribution in [0.5, 0.6) is 0 Å². The van der Waals surface area contributed by atoms with Crippen molar-refractivity contribution in [2.75, 3.05) is 0 Å². The molecule has 0 radical (unpaired) electrons. The number of hydrogen-bond acceptors (Lipinski definition) is 2. The fraction of sp³-hybridized carbons (Fsp3) is 0. The third-order valence-electron chi connectivity index (χ3n) is 0.798. The van der Waals surface area contributed by atoms with E-state index in [-0.39, 0.29) is 22.5 Å². The van der Waals surface area contributed by atoms with E-state index in [1.807, 2.05) is 0 Å². The van der Waals surface area contributed by atoms with E-state index in [0.717, 1.165) is 0 Å². The summed E-state index contributed by atoms with van der Waals surface area (Å²) < 4.78 is 0. The summed E-state index contributed by atoms with van der Waals surface area (Å²) >= 11 is 10.2. The zero-order chi connectivity index (χ0) is 6.31. The van der Waals surface area contributed by atoms with E-state index in [4.69, 9.17) is 23.2 Å². The van der Waals surface area contributed by atoms with E-state index in [1.165, 1.54) is 0 Å². The highest BCUT2D eigenvalue weighted by Crippen LogP contribution is 2.12. The lowest BCUT2D eigenvalue weighted by molar-refractivity contribution is 1.42. The quantitative estimate of drug-likeness (QED) is 0.568. The van der Waals surface area contributed by atoms with Crippen molar-refractivity contribution in [2.45, 2.75) is 0 Å². The van der Waals surface area contributed by atoms with E-state index in [0.29, 0.717) is 0 Å². The SMILES string of the molecule is Cl.O=c1c(Cl)c(Cl)c1=O. The fourth-order valence-electron chi connectivity index (χ4n) is 0.336. The van der Waals surface area contributed by atoms with Gasteiger partial charge in [0.15, 0.2) is 0 Å². The van der Waals surface area contributed by atoms with Gasteiger partial charge in [-0.3, -0.25) is 9.59 Å². The van der Waals surface area contributed by atoms with Gasteiger partial charge in [-0.15, -0.1) is 12.4 Å². The second-order valence-electron chi connectivity index (χ2n) is 1.29. The topological polar surface area (TPSA) is 34.1 Å². The maximum Gasteiger partial charge on any atom is 0.247 e. The Labute approximate surface area is 66.5 Å². The average molecular weight is 187 g/mol. The van der Waals surface area contributed by atoms with E-state index in [1.54, 1.807) is 0 Å². The average Bonchev–Trinajstić information content (AvgIpc) is 1.83. The van der Waals surface area contributed by atoms with Crippen LogP contribution in [0.4, 0.5) is 0 Å². The summed E-state index contributed by atoms with van der Waals surface area (Å²) in [7, 11) is 0. The molecule has 50 valence electrons. The van der Waals surface area contributed by atoms with Crippen LogP contribution in [0.2, 0.25) is 10.0 Å². The molecule has 0 atom stereocenters. The Morgan fingerprint density at radius 1 is 0.889 bits per heavy atom. The van der Waals surface area contributed by atoms with Gasteiger partial charge >= 0.3 is 0 Å². The molecule has 0 unspecified atom stereocenters. The fourth-order valence-corrected chi connectivity index (χ4v) is 0.679. The Bertz CT molecular complexity index is 254. The molecule has 2 nitrogen and oxygen atoms in total. The summed E-state index contributed by atoms with van der Waals surface area (Å²) in [6.45, 7) is 0. The summed E-state index contributed by atoms with van der Waals surface area (Å²) in [5, 5.41) is -0.284. The third kappa shape index (κ3) is 1.11. The van der Waals surface area contributed by atoms with Crippen molar-refractivity contribution in [3.8, 4) is 0 Å². The highest BCUT2D eigenvalue weighted by atomic mass is 35.5. The van der Waals surface area contributed by atoms with Gasteiger partial charge in [0, 0.05) is 0 Å². The molecule has 0 spiro atoms. The molecule has 1 aromatic rings. The molecule has 9 heavy (non-hydrogen) atoms. The lowest BCUT2D eigenvalue weighted by atomic mass is 10.3. The van der Waals surface area contributed by atoms with Crippen LogP contribution < -0.4 is 10.9 Å². The summed E-state index contributed by atoms with van der Waals surface area (Å²) in [5.74, 6) is 0. The first-order chi connectivity index (χ1) is 3.64. The number of rotatable bonds is 0. The van der Waals surface area contributed by atoms with E-state index in [2.05, 4.69) is 0 Å². The Morgan fingerprint density at radius 2 is 1.11 bits per heavy atom. The summed E-state index contributed by atoms with van der Waals surface area (Å²) in [5.41, 5.74) is -1.37. The molecule has 0 heterocycles. The first-order valence-electron chi connectivity index (χ1n) is 1.79. The zero-order valence-corrected chi connectivity index (χ0v) is 6.31. The molecule has 0 aromatic heterocycles. The molecule has 5 heteroatoms. The standard InChI is InChI=1S/C4Cl2O2.ClH/c5-1-2(6)4(8)3(1)7;/h;1H. The van der Waals surface area contributed by atoms with Gasteiger partial charge in [-0.2, -0.15) is 0 Å². The van der Waals surface area contributed by atoms with E-state index < -0.39 is 10.9 Å². The molecule has 0 aliphatic carbocycles. The van der Waals surface area contributed by atoms with Crippen molar-refractivity contribution in [1.82, 2.24) is 0 Å². The largest absolute Gasteiger partial charge is 0.284 e. The van der Waals surface area contributed by atoms with Crippen LogP contribution in [-0.4, -0.2) is 0 Å². The predicted molar refractivity (Wildman–Crippen MR) is 38.6 cm³/mol. The minimum Gasteiger partial charge on any atom is -0.284 e. The van der Waals surface area contributed by atoms with Crippen LogP contribution >= 0.6 is 35.6 Å². The molecule has 0 N–H and O–H groups in total. The van der Waals surface area contributed by atoms with Crippen LogP contribution in [0.15, 0.2) is 9.59 Å². The Hall–Kier alpha value is -0.0500. The van der Waals surface area contributed by atoms with Gasteiger partial charge in [0.05, 0.1) is 0 Å². The summed E-state index contributed by atoms with van der Waals surface area (Å²) in [6.07, 6.45) is 0. The number of halogens is 3. The lowest BCUT2D eigenvalue weighted by Gasteiger charge is -1.90. The van der Waals surface area contributed by atoms with Crippen LogP contribution in [0.1, 0.15) is 0 Å². The van der Waals surface area contributed by atoms with Crippen molar-refractivity contribution in [3.05, 3.63) is 30.5 Å². The molecule has 0 amide bonds. The summed E-state index contributed by atoms with van der Waals surface area (Å²) in [6, 6.07) is 0. The predicted octanol–water partition coefficient (Wildman–Crippen LogP) is 1.01. The molecule has 0 aliphatic rings. The Kier molecular flexibility index (Phi) is 2.67. The molecule has 0 fully saturated rings. The maximum atomic E-state index is 10.1. The Morgan fingerprint density at radius 3 is 1.22 bits per heavy atom.